The highest BCUT2D eigenvalue weighted by Gasteiger charge is 2.25. The zero-order valence-corrected chi connectivity index (χ0v) is 15.2. The van der Waals surface area contributed by atoms with E-state index in [1.165, 1.54) is 32.3 Å². The lowest BCUT2D eigenvalue weighted by atomic mass is 9.95. The van der Waals surface area contributed by atoms with Crippen molar-refractivity contribution < 1.29 is 26.3 Å². The standard InChI is InChI=1S/C18H12.C6F6/c1-2-8-14-13(7-1)15-9-3-4-11-17(15)18-12-6-5-10-16(14)18;7-1-2(8)4(10)6(12)5(11)3(1)9/h1-12H;. The van der Waals surface area contributed by atoms with Gasteiger partial charge >= 0.3 is 0 Å². The highest BCUT2D eigenvalue weighted by atomic mass is 19.2. The molecule has 150 valence electrons. The van der Waals surface area contributed by atoms with Crippen LogP contribution in [-0.2, 0) is 0 Å². The zero-order chi connectivity index (χ0) is 21.4. The van der Waals surface area contributed by atoms with E-state index in [9.17, 15) is 26.3 Å². The van der Waals surface area contributed by atoms with Gasteiger partial charge in [0.2, 0.25) is 34.9 Å². The summed E-state index contributed by atoms with van der Waals surface area (Å²) in [5.74, 6) is -14.2. The Kier molecular flexibility index (Phi) is 5.08. The van der Waals surface area contributed by atoms with Gasteiger partial charge in [-0.2, -0.15) is 0 Å². The van der Waals surface area contributed by atoms with E-state index < -0.39 is 34.9 Å². The molecule has 0 fully saturated rings. The van der Waals surface area contributed by atoms with Gasteiger partial charge < -0.3 is 0 Å². The molecule has 6 heteroatoms. The SMILES string of the molecule is Fc1c(F)c(F)c(F)c(F)c1F.c1ccc2c(c1)c1ccccc1c1ccccc21. The number of hydrogen-bond donors (Lipinski definition) is 0. The van der Waals surface area contributed by atoms with E-state index >= 15 is 0 Å². The molecule has 0 unspecified atom stereocenters. The van der Waals surface area contributed by atoms with Gasteiger partial charge in [-0.3, -0.25) is 0 Å². The summed E-state index contributed by atoms with van der Waals surface area (Å²) in [4.78, 5) is 0. The second kappa shape index (κ2) is 7.71. The lowest BCUT2D eigenvalue weighted by Gasteiger charge is -2.09. The van der Waals surface area contributed by atoms with Crippen LogP contribution in [0.1, 0.15) is 0 Å². The molecule has 5 aromatic rings. The fraction of sp³-hybridized carbons (Fsp3) is 0. The molecule has 0 atom stereocenters. The van der Waals surface area contributed by atoms with Gasteiger partial charge in [-0.05, 0) is 32.3 Å². The Morgan fingerprint density at radius 3 is 0.533 bits per heavy atom. The maximum absolute atomic E-state index is 12.0. The molecule has 0 spiro atoms. The van der Waals surface area contributed by atoms with Crippen LogP contribution >= 0.6 is 0 Å². The van der Waals surface area contributed by atoms with Crippen LogP contribution in [0.5, 0.6) is 0 Å². The molecule has 0 nitrogen and oxygen atoms in total. The Morgan fingerprint density at radius 2 is 0.400 bits per heavy atom. The van der Waals surface area contributed by atoms with Crippen LogP contribution in [0.15, 0.2) is 72.8 Å². The van der Waals surface area contributed by atoms with E-state index in [2.05, 4.69) is 72.8 Å². The van der Waals surface area contributed by atoms with Crippen molar-refractivity contribution in [1.82, 2.24) is 0 Å². The van der Waals surface area contributed by atoms with E-state index in [-0.39, 0.29) is 0 Å². The minimum Gasteiger partial charge on any atom is -0.200 e. The summed E-state index contributed by atoms with van der Waals surface area (Å²) < 4.78 is 72.2. The van der Waals surface area contributed by atoms with Crippen molar-refractivity contribution in [2.45, 2.75) is 0 Å². The molecular formula is C24H12F6. The highest BCUT2D eigenvalue weighted by molar-refractivity contribution is 6.25. The first-order valence-corrected chi connectivity index (χ1v) is 8.87. The summed E-state index contributed by atoms with van der Waals surface area (Å²) in [5, 5.41) is 8.04. The van der Waals surface area contributed by atoms with Gasteiger partial charge in [-0.1, -0.05) is 72.8 Å². The van der Waals surface area contributed by atoms with E-state index in [0.717, 1.165) is 0 Å². The van der Waals surface area contributed by atoms with Gasteiger partial charge in [0.15, 0.2) is 0 Å². The largest absolute Gasteiger partial charge is 0.200 e. The maximum atomic E-state index is 12.0. The van der Waals surface area contributed by atoms with Crippen LogP contribution in [0, 0.1) is 34.9 Å². The topological polar surface area (TPSA) is 0 Å². The van der Waals surface area contributed by atoms with Crippen molar-refractivity contribution in [3.63, 3.8) is 0 Å². The highest BCUT2D eigenvalue weighted by Crippen LogP contribution is 2.34. The molecule has 0 bridgehead atoms. The molecule has 0 amide bonds. The monoisotopic (exact) mass is 414 g/mol. The quantitative estimate of drug-likeness (QED) is 0.106. The molecule has 0 radical (unpaired) electrons. The predicted molar refractivity (Wildman–Crippen MR) is 105 cm³/mol. The van der Waals surface area contributed by atoms with Crippen molar-refractivity contribution in [3.05, 3.63) is 108 Å². The maximum Gasteiger partial charge on any atom is 0.200 e. The minimum atomic E-state index is -2.37. The first-order chi connectivity index (χ1) is 14.4. The molecule has 0 saturated carbocycles. The van der Waals surface area contributed by atoms with Gasteiger partial charge in [-0.15, -0.1) is 0 Å². The van der Waals surface area contributed by atoms with Gasteiger partial charge in [0.25, 0.3) is 0 Å². The molecule has 0 N–H and O–H groups in total. The van der Waals surface area contributed by atoms with Gasteiger partial charge in [0, 0.05) is 0 Å². The number of benzene rings is 5. The fourth-order valence-corrected chi connectivity index (χ4v) is 3.44. The summed E-state index contributed by atoms with van der Waals surface area (Å²) in [7, 11) is 0. The van der Waals surface area contributed by atoms with E-state index in [4.69, 9.17) is 0 Å². The normalized spacial score (nSPS) is 11.0. The van der Waals surface area contributed by atoms with E-state index in [1.54, 1.807) is 0 Å². The third kappa shape index (κ3) is 3.14. The minimum absolute atomic E-state index is 1.34. The smallest absolute Gasteiger partial charge is 0.200 e. The molecule has 0 heterocycles. The number of fused-ring (bicyclic) bond motifs is 6. The second-order valence-corrected chi connectivity index (χ2v) is 6.52. The number of halogens is 6. The van der Waals surface area contributed by atoms with Crippen molar-refractivity contribution in [2.75, 3.05) is 0 Å². The lowest BCUT2D eigenvalue weighted by molar-refractivity contribution is 0.334. The summed E-state index contributed by atoms with van der Waals surface area (Å²) in [6, 6.07) is 26.0. The zero-order valence-electron chi connectivity index (χ0n) is 15.2. The van der Waals surface area contributed by atoms with Crippen LogP contribution in [0.3, 0.4) is 0 Å². The fourth-order valence-electron chi connectivity index (χ4n) is 3.44. The molecule has 0 aliphatic rings. The van der Waals surface area contributed by atoms with E-state index in [0.29, 0.717) is 0 Å². The van der Waals surface area contributed by atoms with Crippen LogP contribution in [0.4, 0.5) is 26.3 Å². The number of hydrogen-bond acceptors (Lipinski definition) is 0. The first-order valence-electron chi connectivity index (χ1n) is 8.87. The molecule has 5 rings (SSSR count). The van der Waals surface area contributed by atoms with Crippen molar-refractivity contribution in [1.29, 1.82) is 0 Å². The van der Waals surface area contributed by atoms with Gasteiger partial charge in [-0.25, -0.2) is 26.3 Å². The van der Waals surface area contributed by atoms with Crippen molar-refractivity contribution in [3.8, 4) is 0 Å². The van der Waals surface area contributed by atoms with Gasteiger partial charge in [0.1, 0.15) is 0 Å². The van der Waals surface area contributed by atoms with Crippen LogP contribution in [0.2, 0.25) is 0 Å². The molecule has 5 aromatic carbocycles. The molecule has 30 heavy (non-hydrogen) atoms. The Morgan fingerprint density at radius 1 is 0.267 bits per heavy atom. The van der Waals surface area contributed by atoms with Gasteiger partial charge in [0.05, 0.1) is 0 Å². The average Bonchev–Trinajstić information content (AvgIpc) is 2.81. The molecule has 0 aliphatic heterocycles. The molecular weight excluding hydrogens is 402 g/mol. The Hall–Kier alpha value is -3.54. The molecule has 0 aromatic heterocycles. The third-order valence-electron chi connectivity index (χ3n) is 4.81. The van der Waals surface area contributed by atoms with Crippen LogP contribution in [0.25, 0.3) is 32.3 Å². The predicted octanol–water partition coefficient (Wildman–Crippen LogP) is 7.67. The average molecular weight is 414 g/mol. The number of rotatable bonds is 0. The summed E-state index contributed by atoms with van der Waals surface area (Å²) in [6.45, 7) is 0. The summed E-state index contributed by atoms with van der Waals surface area (Å²) >= 11 is 0. The Bertz CT molecular complexity index is 1080. The van der Waals surface area contributed by atoms with Crippen molar-refractivity contribution >= 4 is 32.3 Å². The van der Waals surface area contributed by atoms with Crippen LogP contribution in [-0.4, -0.2) is 0 Å². The molecule has 0 aliphatic carbocycles. The third-order valence-corrected chi connectivity index (χ3v) is 4.81. The summed E-state index contributed by atoms with van der Waals surface area (Å²) in [5.41, 5.74) is 0. The van der Waals surface area contributed by atoms with E-state index in [1.807, 2.05) is 0 Å². The first kappa shape index (κ1) is 19.8. The lowest BCUT2D eigenvalue weighted by Crippen LogP contribution is -2.04. The Labute approximate surface area is 167 Å². The second-order valence-electron chi connectivity index (χ2n) is 6.52. The summed E-state index contributed by atoms with van der Waals surface area (Å²) in [6.07, 6.45) is 0. The Balaban J connectivity index is 0.000000159. The molecule has 0 saturated heterocycles. The van der Waals surface area contributed by atoms with Crippen molar-refractivity contribution in [2.24, 2.45) is 0 Å². The van der Waals surface area contributed by atoms with Crippen LogP contribution < -0.4 is 0 Å².